The Bertz CT molecular complexity index is 2050. The Morgan fingerprint density at radius 2 is 1.69 bits per heavy atom. The number of fused-ring (bicyclic) bond motifs is 1. The molecule has 4 aromatic rings. The van der Waals surface area contributed by atoms with Crippen LogP contribution in [0.15, 0.2) is 46.1 Å². The third-order valence-corrected chi connectivity index (χ3v) is 11.8. The molecule has 260 valence electrons. The molecule has 0 radical (unpaired) electrons. The third-order valence-electron chi connectivity index (χ3n) is 10.4. The van der Waals surface area contributed by atoms with Crippen molar-refractivity contribution in [1.29, 1.82) is 0 Å². The van der Waals surface area contributed by atoms with Crippen molar-refractivity contribution in [2.75, 3.05) is 25.0 Å². The molecule has 0 atom stereocenters. The van der Waals surface area contributed by atoms with E-state index in [9.17, 15) is 18.0 Å². The molecule has 2 aromatic carbocycles. The predicted molar refractivity (Wildman–Crippen MR) is 184 cm³/mol. The molecule has 2 N–H and O–H groups in total. The first-order valence-corrected chi connectivity index (χ1v) is 18.6. The molecule has 0 aliphatic heterocycles. The fourth-order valence-electron chi connectivity index (χ4n) is 8.70. The standard InChI is InChI=1S/C36H43N5O7S/c1-5-7-32-37-21(3)33-35(43)38-34(39-41(32)33)27-16-26(9-11-28(27)47-6-2)49(44,45)40-25-8-10-29(30(15-25)46-4)48-20-31(42)36-17-22-12-23(18-36)14-24(13-22)19-36/h8-11,15-16,22-24,40H,5-7,12-14,17-20H2,1-4H3,(H,38,39,43). The summed E-state index contributed by atoms with van der Waals surface area (Å²) >= 11 is 0. The van der Waals surface area contributed by atoms with Gasteiger partial charge in [0.25, 0.3) is 15.6 Å². The number of sulfonamides is 1. The van der Waals surface area contributed by atoms with Crippen LogP contribution in [0.3, 0.4) is 0 Å². The van der Waals surface area contributed by atoms with Gasteiger partial charge in [-0.25, -0.2) is 17.9 Å². The number of nitrogens with zero attached hydrogens (tertiary/aromatic N) is 3. The maximum atomic E-state index is 13.7. The number of aromatic nitrogens is 4. The lowest BCUT2D eigenvalue weighted by Gasteiger charge is -2.55. The Balaban J connectivity index is 1.12. The number of H-pyrrole nitrogens is 1. The molecule has 4 saturated carbocycles. The van der Waals surface area contributed by atoms with Crippen LogP contribution >= 0.6 is 0 Å². The summed E-state index contributed by atoms with van der Waals surface area (Å²) in [6.07, 6.45) is 8.11. The number of carbonyl (C=O) groups excluding carboxylic acids is 1. The van der Waals surface area contributed by atoms with Gasteiger partial charge in [0.15, 0.2) is 28.6 Å². The molecule has 4 aliphatic rings. The van der Waals surface area contributed by atoms with Crippen LogP contribution < -0.4 is 24.5 Å². The van der Waals surface area contributed by atoms with Gasteiger partial charge in [0.2, 0.25) is 0 Å². The lowest BCUT2D eigenvalue weighted by atomic mass is 9.48. The fraction of sp³-hybridized carbons (Fsp3) is 0.500. The van der Waals surface area contributed by atoms with E-state index in [1.165, 1.54) is 49.1 Å². The van der Waals surface area contributed by atoms with Gasteiger partial charge < -0.3 is 19.2 Å². The second-order valence-electron chi connectivity index (χ2n) is 13.9. The van der Waals surface area contributed by atoms with Gasteiger partial charge in [-0.1, -0.05) is 6.92 Å². The van der Waals surface area contributed by atoms with Gasteiger partial charge in [0.05, 0.1) is 35.6 Å². The number of carbonyl (C=O) groups is 1. The summed E-state index contributed by atoms with van der Waals surface area (Å²) in [6.45, 7) is 5.86. The van der Waals surface area contributed by atoms with Gasteiger partial charge in [0, 0.05) is 17.9 Å². The van der Waals surface area contributed by atoms with Crippen molar-refractivity contribution >= 4 is 27.0 Å². The molecule has 4 bridgehead atoms. The van der Waals surface area contributed by atoms with E-state index in [-0.39, 0.29) is 39.8 Å². The zero-order valence-corrected chi connectivity index (χ0v) is 29.2. The largest absolute Gasteiger partial charge is 0.493 e. The van der Waals surface area contributed by atoms with Crippen LogP contribution in [0.4, 0.5) is 5.69 Å². The van der Waals surface area contributed by atoms with Gasteiger partial charge in [0.1, 0.15) is 18.2 Å². The van der Waals surface area contributed by atoms with Gasteiger partial charge in [-0.15, -0.1) is 5.10 Å². The number of anilines is 1. The first kappa shape index (κ1) is 33.1. The van der Waals surface area contributed by atoms with E-state index >= 15 is 0 Å². The molecule has 2 heterocycles. The number of hydrogen-bond donors (Lipinski definition) is 2. The summed E-state index contributed by atoms with van der Waals surface area (Å²) in [6, 6.07) is 9.11. The van der Waals surface area contributed by atoms with Crippen molar-refractivity contribution < 1.29 is 27.4 Å². The molecule has 0 spiro atoms. The maximum absolute atomic E-state index is 13.7. The Kier molecular flexibility index (Phi) is 8.66. The highest BCUT2D eigenvalue weighted by Crippen LogP contribution is 2.60. The molecule has 4 fully saturated rings. The van der Waals surface area contributed by atoms with Crippen molar-refractivity contribution in [1.82, 2.24) is 19.6 Å². The molecular weight excluding hydrogens is 646 g/mol. The van der Waals surface area contributed by atoms with Crippen LogP contribution in [0.5, 0.6) is 17.2 Å². The van der Waals surface area contributed by atoms with Gasteiger partial charge in [-0.05, 0) is 107 Å². The number of rotatable bonds is 13. The summed E-state index contributed by atoms with van der Waals surface area (Å²) in [7, 11) is -2.65. The number of hydrogen-bond acceptors (Lipinski definition) is 9. The van der Waals surface area contributed by atoms with Gasteiger partial charge >= 0.3 is 0 Å². The van der Waals surface area contributed by atoms with Crippen molar-refractivity contribution in [2.45, 2.75) is 77.0 Å². The Hall–Kier alpha value is -4.39. The molecule has 2 aromatic heterocycles. The lowest BCUT2D eigenvalue weighted by Crippen LogP contribution is -2.51. The monoisotopic (exact) mass is 689 g/mol. The first-order chi connectivity index (χ1) is 23.5. The highest BCUT2D eigenvalue weighted by molar-refractivity contribution is 7.92. The van der Waals surface area contributed by atoms with Crippen molar-refractivity contribution in [2.24, 2.45) is 23.2 Å². The molecule has 49 heavy (non-hydrogen) atoms. The second-order valence-corrected chi connectivity index (χ2v) is 15.6. The summed E-state index contributed by atoms with van der Waals surface area (Å²) < 4.78 is 48.9. The SMILES string of the molecule is CCCc1nc(C)c2c(=O)[nH]c(-c3cc(S(=O)(=O)Nc4ccc(OCC(=O)C56CC7CC(CC(C7)C5)C6)c(OC)c4)ccc3OCC)nn12. The summed E-state index contributed by atoms with van der Waals surface area (Å²) in [5.41, 5.74) is 0.808. The molecule has 0 unspecified atom stereocenters. The number of aromatic amines is 1. The topological polar surface area (TPSA) is 154 Å². The molecular formula is C36H43N5O7S. The lowest BCUT2D eigenvalue weighted by molar-refractivity contribution is -0.146. The van der Waals surface area contributed by atoms with E-state index < -0.39 is 10.0 Å². The van der Waals surface area contributed by atoms with E-state index in [4.69, 9.17) is 14.2 Å². The number of nitrogens with one attached hydrogen (secondary N) is 2. The van der Waals surface area contributed by atoms with Crippen LogP contribution in [0.2, 0.25) is 0 Å². The average Bonchev–Trinajstić information content (AvgIpc) is 3.38. The third kappa shape index (κ3) is 6.17. The Morgan fingerprint density at radius 3 is 2.35 bits per heavy atom. The first-order valence-electron chi connectivity index (χ1n) is 17.1. The van der Waals surface area contributed by atoms with Crippen LogP contribution in [-0.2, 0) is 21.2 Å². The van der Waals surface area contributed by atoms with Crippen LogP contribution in [0.1, 0.15) is 70.3 Å². The van der Waals surface area contributed by atoms with E-state index in [0.29, 0.717) is 70.6 Å². The highest BCUT2D eigenvalue weighted by atomic mass is 32.2. The van der Waals surface area contributed by atoms with Gasteiger partial charge in [-0.3, -0.25) is 14.3 Å². The highest BCUT2D eigenvalue weighted by Gasteiger charge is 2.54. The fourth-order valence-corrected chi connectivity index (χ4v) is 9.77. The minimum absolute atomic E-state index is 0.0386. The second kappa shape index (κ2) is 12.8. The number of imidazole rings is 1. The average molecular weight is 690 g/mol. The molecule has 12 nitrogen and oxygen atoms in total. The Morgan fingerprint density at radius 1 is 1.00 bits per heavy atom. The minimum Gasteiger partial charge on any atom is -0.493 e. The van der Waals surface area contributed by atoms with Gasteiger partial charge in [-0.2, -0.15) is 0 Å². The van der Waals surface area contributed by atoms with Crippen molar-refractivity contribution in [3.63, 3.8) is 0 Å². The zero-order chi connectivity index (χ0) is 34.5. The van der Waals surface area contributed by atoms with E-state index in [0.717, 1.165) is 25.7 Å². The maximum Gasteiger partial charge on any atom is 0.277 e. The number of Topliss-reactive ketones (excluding diaryl/α,β-unsaturated/α-hetero) is 1. The van der Waals surface area contributed by atoms with Crippen molar-refractivity contribution in [3.05, 3.63) is 58.3 Å². The summed E-state index contributed by atoms with van der Waals surface area (Å²) in [5.74, 6) is 3.96. The summed E-state index contributed by atoms with van der Waals surface area (Å²) in [5, 5.41) is 4.66. The van der Waals surface area contributed by atoms with Crippen LogP contribution in [0.25, 0.3) is 16.9 Å². The molecule has 8 rings (SSSR count). The van der Waals surface area contributed by atoms with Crippen LogP contribution in [0, 0.1) is 30.1 Å². The van der Waals surface area contributed by atoms with Crippen molar-refractivity contribution in [3.8, 4) is 28.6 Å². The molecule has 13 heteroatoms. The smallest absolute Gasteiger partial charge is 0.277 e. The summed E-state index contributed by atoms with van der Waals surface area (Å²) in [4.78, 5) is 33.9. The normalized spacial score (nSPS) is 22.7. The van der Waals surface area contributed by atoms with E-state index in [1.54, 1.807) is 25.1 Å². The number of benzene rings is 2. The van der Waals surface area contributed by atoms with E-state index in [2.05, 4.69) is 19.8 Å². The van der Waals surface area contributed by atoms with E-state index in [1.807, 2.05) is 13.8 Å². The molecule has 0 saturated heterocycles. The number of aryl methyl sites for hydroxylation is 2. The number of ketones is 1. The minimum atomic E-state index is -4.13. The number of methoxy groups -OCH3 is 1. The number of ether oxygens (including phenoxy) is 3. The van der Waals surface area contributed by atoms with Crippen LogP contribution in [-0.4, -0.2) is 54.1 Å². The predicted octanol–water partition coefficient (Wildman–Crippen LogP) is 5.72. The molecule has 4 aliphatic carbocycles. The zero-order valence-electron chi connectivity index (χ0n) is 28.4. The molecule has 0 amide bonds. The quantitative estimate of drug-likeness (QED) is 0.179. The Labute approximate surface area is 285 Å².